The Kier molecular flexibility index (Phi) is 0.926. The van der Waals surface area contributed by atoms with Gasteiger partial charge < -0.3 is 5.11 Å². The van der Waals surface area contributed by atoms with Crippen LogP contribution in [0.3, 0.4) is 0 Å². The first-order valence-corrected chi connectivity index (χ1v) is 2.22. The second-order valence-corrected chi connectivity index (χ2v) is 1.54. The lowest BCUT2D eigenvalue weighted by molar-refractivity contribution is 0.342. The van der Waals surface area contributed by atoms with Gasteiger partial charge in [0.25, 0.3) is 0 Å². The third-order valence-electron chi connectivity index (χ3n) is 0.919. The summed E-state index contributed by atoms with van der Waals surface area (Å²) in [6.45, 7) is 0.231. The Bertz CT molecular complexity index is 68.0. The number of aliphatic hydroxyl groups excluding tert-OH is 1. The molecule has 0 radical (unpaired) electrons. The molecular weight excluding hydrogens is 76.1 g/mol. The lowest BCUT2D eigenvalue weighted by atomic mass is 10.5. The van der Waals surface area contributed by atoms with Crippen LogP contribution in [0.15, 0.2) is 11.6 Å². The molecule has 0 aromatic heterocycles. The SMILES string of the molecule is OCC=C1CC1. The van der Waals surface area contributed by atoms with Gasteiger partial charge in [0.2, 0.25) is 0 Å². The summed E-state index contributed by atoms with van der Waals surface area (Å²) in [6.07, 6.45) is 4.32. The number of hydrogen-bond acceptors (Lipinski definition) is 1. The highest BCUT2D eigenvalue weighted by molar-refractivity contribution is 5.15. The fourth-order valence-electron chi connectivity index (χ4n) is 0.405. The molecule has 0 aromatic carbocycles. The van der Waals surface area contributed by atoms with E-state index >= 15 is 0 Å². The molecule has 1 heteroatoms. The zero-order chi connectivity index (χ0) is 4.41. The van der Waals surface area contributed by atoms with Crippen LogP contribution >= 0.6 is 0 Å². The van der Waals surface area contributed by atoms with E-state index in [0.29, 0.717) is 0 Å². The van der Waals surface area contributed by atoms with Crippen LogP contribution in [-0.2, 0) is 0 Å². The van der Waals surface area contributed by atoms with E-state index in [1.807, 2.05) is 6.08 Å². The second kappa shape index (κ2) is 1.43. The maximum atomic E-state index is 8.20. The van der Waals surface area contributed by atoms with Crippen molar-refractivity contribution in [3.05, 3.63) is 11.6 Å². The summed E-state index contributed by atoms with van der Waals surface area (Å²) in [5, 5.41) is 8.20. The molecule has 0 spiro atoms. The van der Waals surface area contributed by atoms with Gasteiger partial charge in [0, 0.05) is 0 Å². The first-order valence-electron chi connectivity index (χ1n) is 2.22. The van der Waals surface area contributed by atoms with Gasteiger partial charge in [-0.05, 0) is 12.8 Å². The van der Waals surface area contributed by atoms with E-state index in [9.17, 15) is 0 Å². The molecule has 0 heterocycles. The van der Waals surface area contributed by atoms with Crippen molar-refractivity contribution in [2.24, 2.45) is 0 Å². The van der Waals surface area contributed by atoms with E-state index in [0.717, 1.165) is 0 Å². The molecule has 0 aromatic rings. The molecule has 0 atom stereocenters. The van der Waals surface area contributed by atoms with Gasteiger partial charge in [0.05, 0.1) is 6.61 Å². The van der Waals surface area contributed by atoms with Gasteiger partial charge in [0.1, 0.15) is 0 Å². The van der Waals surface area contributed by atoms with E-state index < -0.39 is 0 Å². The maximum absolute atomic E-state index is 8.20. The van der Waals surface area contributed by atoms with Crippen LogP contribution in [0, 0.1) is 0 Å². The van der Waals surface area contributed by atoms with Crippen LogP contribution in [0.2, 0.25) is 0 Å². The van der Waals surface area contributed by atoms with Crippen molar-refractivity contribution >= 4 is 0 Å². The summed E-state index contributed by atoms with van der Waals surface area (Å²) >= 11 is 0. The largest absolute Gasteiger partial charge is 0.392 e. The highest BCUT2D eigenvalue weighted by Crippen LogP contribution is 2.26. The van der Waals surface area contributed by atoms with Gasteiger partial charge in [-0.1, -0.05) is 11.6 Å². The minimum Gasteiger partial charge on any atom is -0.392 e. The summed E-state index contributed by atoms with van der Waals surface area (Å²) in [5.74, 6) is 0. The molecule has 1 fully saturated rings. The molecule has 1 aliphatic rings. The Balaban J connectivity index is 2.24. The lowest BCUT2D eigenvalue weighted by Gasteiger charge is -1.68. The van der Waals surface area contributed by atoms with Crippen LogP contribution in [0.4, 0.5) is 0 Å². The predicted octanol–water partition coefficient (Wildman–Crippen LogP) is 0.699. The van der Waals surface area contributed by atoms with E-state index in [4.69, 9.17) is 5.11 Å². The van der Waals surface area contributed by atoms with Crippen LogP contribution in [0.5, 0.6) is 0 Å². The number of aliphatic hydroxyl groups is 1. The van der Waals surface area contributed by atoms with Crippen molar-refractivity contribution < 1.29 is 5.11 Å². The highest BCUT2D eigenvalue weighted by Gasteiger charge is 2.08. The molecule has 1 aliphatic carbocycles. The monoisotopic (exact) mass is 84.1 g/mol. The van der Waals surface area contributed by atoms with Crippen molar-refractivity contribution in [1.82, 2.24) is 0 Å². The van der Waals surface area contributed by atoms with E-state index in [1.54, 1.807) is 0 Å². The smallest absolute Gasteiger partial charge is 0.0615 e. The van der Waals surface area contributed by atoms with Crippen molar-refractivity contribution in [3.63, 3.8) is 0 Å². The van der Waals surface area contributed by atoms with Crippen LogP contribution in [0.1, 0.15) is 12.8 Å². The molecule has 1 rings (SSSR count). The van der Waals surface area contributed by atoms with E-state index in [-0.39, 0.29) is 6.61 Å². The minimum absolute atomic E-state index is 0.231. The van der Waals surface area contributed by atoms with Gasteiger partial charge in [0.15, 0.2) is 0 Å². The van der Waals surface area contributed by atoms with E-state index in [1.165, 1.54) is 18.4 Å². The molecule has 1 nitrogen and oxygen atoms in total. The fourth-order valence-corrected chi connectivity index (χ4v) is 0.405. The number of hydrogen-bond donors (Lipinski definition) is 1. The van der Waals surface area contributed by atoms with Crippen molar-refractivity contribution in [2.45, 2.75) is 12.8 Å². The standard InChI is InChI=1S/C5H8O/c6-4-3-5-1-2-5/h3,6H,1-2,4H2. The Morgan fingerprint density at radius 3 is 2.50 bits per heavy atom. The van der Waals surface area contributed by atoms with Gasteiger partial charge in [-0.25, -0.2) is 0 Å². The molecule has 0 aliphatic heterocycles. The molecule has 0 bridgehead atoms. The number of allylic oxidation sites excluding steroid dienone is 1. The van der Waals surface area contributed by atoms with Crippen molar-refractivity contribution in [1.29, 1.82) is 0 Å². The van der Waals surface area contributed by atoms with Gasteiger partial charge in [-0.2, -0.15) is 0 Å². The molecule has 0 unspecified atom stereocenters. The minimum atomic E-state index is 0.231. The molecule has 1 N–H and O–H groups in total. The molecule has 34 valence electrons. The topological polar surface area (TPSA) is 20.2 Å². The normalized spacial score (nSPS) is 17.8. The molecule has 6 heavy (non-hydrogen) atoms. The van der Waals surface area contributed by atoms with Crippen LogP contribution in [0.25, 0.3) is 0 Å². The second-order valence-electron chi connectivity index (χ2n) is 1.54. The summed E-state index contributed by atoms with van der Waals surface area (Å²) in [6, 6.07) is 0. The number of rotatable bonds is 1. The molecule has 0 saturated heterocycles. The van der Waals surface area contributed by atoms with Gasteiger partial charge >= 0.3 is 0 Å². The first-order chi connectivity index (χ1) is 2.93. The van der Waals surface area contributed by atoms with Crippen LogP contribution in [-0.4, -0.2) is 11.7 Å². The summed E-state index contributed by atoms with van der Waals surface area (Å²) < 4.78 is 0. The van der Waals surface area contributed by atoms with Crippen molar-refractivity contribution in [2.75, 3.05) is 6.61 Å². The average Bonchev–Trinajstić information content (AvgIpc) is 2.21. The van der Waals surface area contributed by atoms with Crippen LogP contribution < -0.4 is 0 Å². The first kappa shape index (κ1) is 3.88. The zero-order valence-electron chi connectivity index (χ0n) is 3.65. The Hall–Kier alpha value is -0.300. The maximum Gasteiger partial charge on any atom is 0.0615 e. The third-order valence-corrected chi connectivity index (χ3v) is 0.919. The van der Waals surface area contributed by atoms with Gasteiger partial charge in [-0.3, -0.25) is 0 Å². The van der Waals surface area contributed by atoms with Crippen molar-refractivity contribution in [3.8, 4) is 0 Å². The van der Waals surface area contributed by atoms with Gasteiger partial charge in [-0.15, -0.1) is 0 Å². The Labute approximate surface area is 37.3 Å². The zero-order valence-corrected chi connectivity index (χ0v) is 3.65. The summed E-state index contributed by atoms with van der Waals surface area (Å²) in [4.78, 5) is 0. The fraction of sp³-hybridized carbons (Fsp3) is 0.600. The summed E-state index contributed by atoms with van der Waals surface area (Å²) in [5.41, 5.74) is 1.41. The molecule has 0 amide bonds. The molecule has 1 saturated carbocycles. The molecular formula is C5H8O. The third kappa shape index (κ3) is 0.830. The Morgan fingerprint density at radius 1 is 1.67 bits per heavy atom. The Morgan fingerprint density at radius 2 is 2.33 bits per heavy atom. The van der Waals surface area contributed by atoms with E-state index in [2.05, 4.69) is 0 Å². The average molecular weight is 84.1 g/mol. The quantitative estimate of drug-likeness (QED) is 0.464. The highest BCUT2D eigenvalue weighted by atomic mass is 16.2. The predicted molar refractivity (Wildman–Crippen MR) is 24.4 cm³/mol. The summed E-state index contributed by atoms with van der Waals surface area (Å²) in [7, 11) is 0. The lowest BCUT2D eigenvalue weighted by Crippen LogP contribution is -1.66.